The molecule has 2 aromatic rings. The molecule has 3 nitrogen and oxygen atoms in total. The average Bonchev–Trinajstić information content (AvgIpc) is 2.85. The highest BCUT2D eigenvalue weighted by Gasteiger charge is 2.22. The zero-order valence-corrected chi connectivity index (χ0v) is 13.0. The van der Waals surface area contributed by atoms with Crippen molar-refractivity contribution in [1.82, 2.24) is 0 Å². The van der Waals surface area contributed by atoms with Gasteiger partial charge in [-0.25, -0.2) is 0 Å². The number of hydrogen-bond acceptors (Lipinski definition) is 3. The summed E-state index contributed by atoms with van der Waals surface area (Å²) in [6.07, 6.45) is 0. The number of hydrogen-bond donors (Lipinski definition) is 2. The van der Waals surface area contributed by atoms with E-state index in [1.54, 1.807) is 0 Å². The first-order valence-corrected chi connectivity index (χ1v) is 7.98. The third-order valence-electron chi connectivity index (χ3n) is 3.59. The Hall–Kier alpha value is -1.94. The van der Waals surface area contributed by atoms with Gasteiger partial charge in [0.1, 0.15) is 0 Å². The molecule has 1 atom stereocenters. The predicted octanol–water partition coefficient (Wildman–Crippen LogP) is 4.21. The summed E-state index contributed by atoms with van der Waals surface area (Å²) in [4.78, 5) is 12.6. The van der Waals surface area contributed by atoms with E-state index in [0.717, 1.165) is 22.7 Å². The molecule has 3 rings (SSSR count). The van der Waals surface area contributed by atoms with Crippen LogP contribution in [-0.2, 0) is 4.79 Å². The van der Waals surface area contributed by atoms with E-state index in [4.69, 9.17) is 0 Å². The Labute approximate surface area is 129 Å². The molecule has 0 aliphatic carbocycles. The molecular weight excluding hydrogens is 280 g/mol. The van der Waals surface area contributed by atoms with Crippen LogP contribution in [-0.4, -0.2) is 11.7 Å². The molecule has 1 unspecified atom stereocenters. The summed E-state index contributed by atoms with van der Waals surface area (Å²) in [7, 11) is 0. The van der Waals surface area contributed by atoms with E-state index < -0.39 is 0 Å². The van der Waals surface area contributed by atoms with Crippen LogP contribution < -0.4 is 10.6 Å². The van der Waals surface area contributed by atoms with Gasteiger partial charge in [0.15, 0.2) is 0 Å². The van der Waals surface area contributed by atoms with Gasteiger partial charge in [0, 0.05) is 28.9 Å². The summed E-state index contributed by atoms with van der Waals surface area (Å²) in [5.74, 6) is 0.986. The van der Waals surface area contributed by atoms with Crippen LogP contribution in [0.25, 0.3) is 0 Å². The van der Waals surface area contributed by atoms with E-state index in [-0.39, 0.29) is 5.91 Å². The second-order valence-corrected chi connectivity index (χ2v) is 6.32. The molecule has 1 heterocycles. The Morgan fingerprint density at radius 1 is 1.24 bits per heavy atom. The summed E-state index contributed by atoms with van der Waals surface area (Å²) in [6, 6.07) is 14.9. The molecule has 21 heavy (non-hydrogen) atoms. The van der Waals surface area contributed by atoms with Gasteiger partial charge in [-0.05, 0) is 36.2 Å². The minimum absolute atomic E-state index is 0.0444. The van der Waals surface area contributed by atoms with Crippen molar-refractivity contribution in [2.45, 2.75) is 24.8 Å². The Morgan fingerprint density at radius 2 is 2.05 bits per heavy atom. The summed E-state index contributed by atoms with van der Waals surface area (Å²) >= 11 is 1.88. The number of rotatable bonds is 3. The highest BCUT2D eigenvalue weighted by Crippen LogP contribution is 2.39. The second kappa shape index (κ2) is 5.82. The number of anilines is 2. The highest BCUT2D eigenvalue weighted by atomic mass is 32.2. The zero-order chi connectivity index (χ0) is 14.8. The monoisotopic (exact) mass is 298 g/mol. The van der Waals surface area contributed by atoms with Crippen molar-refractivity contribution in [3.05, 3.63) is 53.6 Å². The fourth-order valence-corrected chi connectivity index (χ4v) is 3.68. The van der Waals surface area contributed by atoms with Crippen molar-refractivity contribution in [3.8, 4) is 0 Å². The van der Waals surface area contributed by atoms with Crippen molar-refractivity contribution in [3.63, 3.8) is 0 Å². The molecule has 0 fully saturated rings. The topological polar surface area (TPSA) is 41.1 Å². The normalized spacial score (nSPS) is 16.4. The fraction of sp³-hybridized carbons (Fsp3) is 0.235. The van der Waals surface area contributed by atoms with Crippen LogP contribution in [0, 0.1) is 6.92 Å². The van der Waals surface area contributed by atoms with Gasteiger partial charge in [0.2, 0.25) is 5.91 Å². The quantitative estimate of drug-likeness (QED) is 0.891. The van der Waals surface area contributed by atoms with Gasteiger partial charge in [-0.2, -0.15) is 0 Å². The Balaban J connectivity index is 1.81. The van der Waals surface area contributed by atoms with Crippen LogP contribution >= 0.6 is 11.8 Å². The van der Waals surface area contributed by atoms with Crippen LogP contribution in [0.3, 0.4) is 0 Å². The van der Waals surface area contributed by atoms with Gasteiger partial charge in [-0.15, -0.1) is 11.8 Å². The maximum atomic E-state index is 11.3. The lowest BCUT2D eigenvalue weighted by Gasteiger charge is -2.16. The molecule has 0 saturated heterocycles. The minimum Gasteiger partial charge on any atom is -0.377 e. The molecule has 2 aromatic carbocycles. The minimum atomic E-state index is -0.0444. The summed E-state index contributed by atoms with van der Waals surface area (Å²) in [5, 5.41) is 6.44. The number of amides is 1. The van der Waals surface area contributed by atoms with Gasteiger partial charge in [0.05, 0.1) is 6.04 Å². The predicted molar refractivity (Wildman–Crippen MR) is 89.0 cm³/mol. The number of benzene rings is 2. The number of carbonyl (C=O) groups excluding carboxylic acids is 1. The molecule has 1 aliphatic rings. The van der Waals surface area contributed by atoms with E-state index in [0.29, 0.717) is 6.04 Å². The van der Waals surface area contributed by atoms with Crippen LogP contribution in [0.1, 0.15) is 24.1 Å². The largest absolute Gasteiger partial charge is 0.377 e. The third-order valence-corrected chi connectivity index (χ3v) is 4.77. The zero-order valence-electron chi connectivity index (χ0n) is 12.1. The number of fused-ring (bicyclic) bond motifs is 1. The van der Waals surface area contributed by atoms with Crippen LogP contribution in [0.4, 0.5) is 11.4 Å². The summed E-state index contributed by atoms with van der Waals surface area (Å²) in [6.45, 7) is 3.53. The van der Waals surface area contributed by atoms with Crippen molar-refractivity contribution < 1.29 is 4.79 Å². The Morgan fingerprint density at radius 3 is 2.86 bits per heavy atom. The standard InChI is InChI=1S/C17H18N2OS/c1-11-7-8-13(9-15(11)18-12(2)20)19-16-10-21-17-6-4-3-5-14(16)17/h3-9,16,19H,10H2,1-2H3,(H,18,20). The Bertz CT molecular complexity index is 684. The molecule has 1 aliphatic heterocycles. The Kier molecular flexibility index (Phi) is 3.88. The molecule has 108 valence electrons. The number of thioether (sulfide) groups is 1. The molecule has 0 spiro atoms. The van der Waals surface area contributed by atoms with Gasteiger partial charge in [-0.3, -0.25) is 4.79 Å². The highest BCUT2D eigenvalue weighted by molar-refractivity contribution is 7.99. The molecule has 0 saturated carbocycles. The van der Waals surface area contributed by atoms with Crippen molar-refractivity contribution in [2.75, 3.05) is 16.4 Å². The number of nitrogens with one attached hydrogen (secondary N) is 2. The fourth-order valence-electron chi connectivity index (χ4n) is 2.52. The molecule has 2 N–H and O–H groups in total. The molecule has 0 aromatic heterocycles. The van der Waals surface area contributed by atoms with Gasteiger partial charge in [-0.1, -0.05) is 24.3 Å². The van der Waals surface area contributed by atoms with Crippen LogP contribution in [0.15, 0.2) is 47.4 Å². The lowest BCUT2D eigenvalue weighted by atomic mass is 10.1. The molecule has 0 bridgehead atoms. The molecule has 0 radical (unpaired) electrons. The van der Waals surface area contributed by atoms with Crippen LogP contribution in [0.5, 0.6) is 0 Å². The molecular formula is C17H18N2OS. The third kappa shape index (κ3) is 3.05. The number of aryl methyl sites for hydroxylation is 1. The SMILES string of the molecule is CC(=O)Nc1cc(NC2CSc3ccccc32)ccc1C. The van der Waals surface area contributed by atoms with Gasteiger partial charge >= 0.3 is 0 Å². The summed E-state index contributed by atoms with van der Waals surface area (Å²) in [5.41, 5.74) is 4.32. The smallest absolute Gasteiger partial charge is 0.221 e. The van der Waals surface area contributed by atoms with E-state index in [9.17, 15) is 4.79 Å². The lowest BCUT2D eigenvalue weighted by molar-refractivity contribution is -0.114. The van der Waals surface area contributed by atoms with E-state index >= 15 is 0 Å². The first-order chi connectivity index (χ1) is 10.1. The molecule has 1 amide bonds. The second-order valence-electron chi connectivity index (χ2n) is 5.26. The van der Waals surface area contributed by atoms with Gasteiger partial charge < -0.3 is 10.6 Å². The molecule has 4 heteroatoms. The maximum absolute atomic E-state index is 11.3. The number of carbonyl (C=O) groups is 1. The summed E-state index contributed by atoms with van der Waals surface area (Å²) < 4.78 is 0. The van der Waals surface area contributed by atoms with Crippen molar-refractivity contribution in [2.24, 2.45) is 0 Å². The first kappa shape index (κ1) is 14.0. The average molecular weight is 298 g/mol. The van der Waals surface area contributed by atoms with E-state index in [2.05, 4.69) is 41.0 Å². The van der Waals surface area contributed by atoms with Gasteiger partial charge in [0.25, 0.3) is 0 Å². The van der Waals surface area contributed by atoms with Crippen molar-refractivity contribution >= 4 is 29.0 Å². The first-order valence-electron chi connectivity index (χ1n) is 7.00. The lowest BCUT2D eigenvalue weighted by Crippen LogP contribution is -2.11. The van der Waals surface area contributed by atoms with Crippen molar-refractivity contribution in [1.29, 1.82) is 0 Å². The van der Waals surface area contributed by atoms with E-state index in [1.807, 2.05) is 30.8 Å². The van der Waals surface area contributed by atoms with E-state index in [1.165, 1.54) is 17.4 Å². The van der Waals surface area contributed by atoms with Crippen LogP contribution in [0.2, 0.25) is 0 Å². The maximum Gasteiger partial charge on any atom is 0.221 e.